The van der Waals surface area contributed by atoms with E-state index in [1.54, 1.807) is 16.0 Å². The molecule has 26 heavy (non-hydrogen) atoms. The molecule has 1 unspecified atom stereocenters. The van der Waals surface area contributed by atoms with Gasteiger partial charge in [0.15, 0.2) is 0 Å². The van der Waals surface area contributed by atoms with Crippen LogP contribution >= 0.6 is 0 Å². The van der Waals surface area contributed by atoms with Gasteiger partial charge in [0, 0.05) is 26.7 Å². The quantitative estimate of drug-likeness (QED) is 0.874. The Bertz CT molecular complexity index is 877. The zero-order valence-electron chi connectivity index (χ0n) is 15.3. The van der Waals surface area contributed by atoms with E-state index in [-0.39, 0.29) is 24.6 Å². The molecule has 1 aliphatic rings. The first-order valence-electron chi connectivity index (χ1n) is 8.61. The predicted molar refractivity (Wildman–Crippen MR) is 99.1 cm³/mol. The lowest BCUT2D eigenvalue weighted by molar-refractivity contribution is -0.132. The summed E-state index contributed by atoms with van der Waals surface area (Å²) in [6, 6.07) is 9.12. The minimum Gasteiger partial charge on any atom is -0.383 e. The number of rotatable bonds is 4. The van der Waals surface area contributed by atoms with Gasteiger partial charge in [-0.15, -0.1) is 0 Å². The number of benzene rings is 1. The second-order valence-corrected chi connectivity index (χ2v) is 7.02. The van der Waals surface area contributed by atoms with E-state index in [2.05, 4.69) is 5.10 Å². The second kappa shape index (κ2) is 6.92. The third-order valence-electron chi connectivity index (χ3n) is 4.90. The summed E-state index contributed by atoms with van der Waals surface area (Å²) in [5, 5.41) is 15.1. The number of aryl methyl sites for hydroxylation is 1. The van der Waals surface area contributed by atoms with E-state index in [1.807, 2.05) is 45.3 Å². The Hall–Kier alpha value is -2.67. The summed E-state index contributed by atoms with van der Waals surface area (Å²) in [6.45, 7) is 2.50. The average Bonchev–Trinajstić information content (AvgIpc) is 3.00. The van der Waals surface area contributed by atoms with Crippen molar-refractivity contribution >= 4 is 11.6 Å². The summed E-state index contributed by atoms with van der Waals surface area (Å²) in [5.74, 6) is -0.221. The lowest BCUT2D eigenvalue weighted by atomic mass is 9.89. The van der Waals surface area contributed by atoms with Gasteiger partial charge in [0.1, 0.15) is 12.1 Å². The molecule has 7 heteroatoms. The first kappa shape index (κ1) is 18.1. The van der Waals surface area contributed by atoms with E-state index >= 15 is 0 Å². The molecule has 1 aromatic carbocycles. The number of carbonyl (C=O) groups is 1. The largest absolute Gasteiger partial charge is 0.383 e. The molecule has 2 aromatic rings. The van der Waals surface area contributed by atoms with E-state index < -0.39 is 5.60 Å². The van der Waals surface area contributed by atoms with Crippen molar-refractivity contribution in [3.63, 3.8) is 0 Å². The van der Waals surface area contributed by atoms with Crippen molar-refractivity contribution in [2.24, 2.45) is 0 Å². The molecule has 0 spiro atoms. The monoisotopic (exact) mass is 356 g/mol. The normalized spacial score (nSPS) is 19.6. The molecule has 1 aliphatic heterocycles. The molecule has 1 atom stereocenters. The highest BCUT2D eigenvalue weighted by molar-refractivity contribution is 5.76. The number of nitrogens with zero attached hydrogens (tertiary/aromatic N) is 4. The van der Waals surface area contributed by atoms with Crippen LogP contribution in [0.1, 0.15) is 17.5 Å². The number of anilines is 1. The predicted octanol–water partition coefficient (Wildman–Crippen LogP) is 0.738. The van der Waals surface area contributed by atoms with E-state index in [9.17, 15) is 14.7 Å². The van der Waals surface area contributed by atoms with Gasteiger partial charge < -0.3 is 14.9 Å². The van der Waals surface area contributed by atoms with Gasteiger partial charge in [-0.1, -0.05) is 24.3 Å². The van der Waals surface area contributed by atoms with Gasteiger partial charge in [0.05, 0.1) is 18.4 Å². The Labute approximate surface area is 152 Å². The zero-order chi connectivity index (χ0) is 18.9. The summed E-state index contributed by atoms with van der Waals surface area (Å²) in [6.07, 6.45) is 2.04. The zero-order valence-corrected chi connectivity index (χ0v) is 15.3. The molecule has 1 N–H and O–H groups in total. The minimum atomic E-state index is -1.05. The molecule has 1 fully saturated rings. The number of amides is 1. The van der Waals surface area contributed by atoms with Gasteiger partial charge >= 0.3 is 0 Å². The molecular formula is C19H24N4O3. The van der Waals surface area contributed by atoms with Crippen molar-refractivity contribution in [3.05, 3.63) is 58.0 Å². The third-order valence-corrected chi connectivity index (χ3v) is 4.90. The first-order chi connectivity index (χ1) is 12.3. The molecule has 0 aliphatic carbocycles. The molecule has 0 radical (unpaired) electrons. The summed E-state index contributed by atoms with van der Waals surface area (Å²) in [7, 11) is 3.64. The van der Waals surface area contributed by atoms with Gasteiger partial charge in [-0.2, -0.15) is 5.10 Å². The van der Waals surface area contributed by atoms with Gasteiger partial charge in [0.25, 0.3) is 5.56 Å². The molecule has 7 nitrogen and oxygen atoms in total. The van der Waals surface area contributed by atoms with Crippen LogP contribution < -0.4 is 10.5 Å². The number of carbonyl (C=O) groups excluding carboxylic acids is 1. The Morgan fingerprint density at radius 1 is 1.35 bits per heavy atom. The number of hydrogen-bond donors (Lipinski definition) is 1. The van der Waals surface area contributed by atoms with E-state index in [1.165, 1.54) is 6.07 Å². The third kappa shape index (κ3) is 3.48. The molecule has 0 saturated carbocycles. The second-order valence-electron chi connectivity index (χ2n) is 7.02. The summed E-state index contributed by atoms with van der Waals surface area (Å²) >= 11 is 0. The van der Waals surface area contributed by atoms with E-state index in [0.29, 0.717) is 18.7 Å². The van der Waals surface area contributed by atoms with Crippen molar-refractivity contribution in [1.29, 1.82) is 0 Å². The Morgan fingerprint density at radius 2 is 2.08 bits per heavy atom. The van der Waals surface area contributed by atoms with Crippen LogP contribution in [0.15, 0.2) is 41.3 Å². The smallest absolute Gasteiger partial charge is 0.269 e. The highest BCUT2D eigenvalue weighted by Crippen LogP contribution is 2.33. The fourth-order valence-electron chi connectivity index (χ4n) is 3.34. The number of hydrogen-bond acceptors (Lipinski definition) is 5. The first-order valence-corrected chi connectivity index (χ1v) is 8.61. The van der Waals surface area contributed by atoms with Crippen LogP contribution in [0.4, 0.5) is 5.69 Å². The van der Waals surface area contributed by atoms with Crippen LogP contribution in [0.2, 0.25) is 0 Å². The van der Waals surface area contributed by atoms with Crippen LogP contribution in [-0.4, -0.2) is 52.9 Å². The van der Waals surface area contributed by atoms with E-state index in [4.69, 9.17) is 0 Å². The van der Waals surface area contributed by atoms with Crippen molar-refractivity contribution in [1.82, 2.24) is 14.7 Å². The highest BCUT2D eigenvalue weighted by atomic mass is 16.3. The molecule has 1 aromatic heterocycles. The maximum atomic E-state index is 12.6. The fraction of sp³-hybridized carbons (Fsp3) is 0.421. The van der Waals surface area contributed by atoms with Crippen molar-refractivity contribution < 1.29 is 9.90 Å². The molecule has 0 bridgehead atoms. The summed E-state index contributed by atoms with van der Waals surface area (Å²) in [5.41, 5.74) is 1.17. The number of likely N-dealkylation sites (tertiary alicyclic amines) is 1. The van der Waals surface area contributed by atoms with Gasteiger partial charge in [-0.25, -0.2) is 4.68 Å². The van der Waals surface area contributed by atoms with Crippen molar-refractivity contribution in [3.8, 4) is 0 Å². The lowest BCUT2D eigenvalue weighted by Gasteiger charge is -2.25. The number of aromatic nitrogens is 2. The Morgan fingerprint density at radius 3 is 2.73 bits per heavy atom. The molecule has 1 amide bonds. The summed E-state index contributed by atoms with van der Waals surface area (Å²) < 4.78 is 1.15. The highest BCUT2D eigenvalue weighted by Gasteiger charge is 2.40. The van der Waals surface area contributed by atoms with Crippen LogP contribution in [-0.2, 0) is 16.9 Å². The van der Waals surface area contributed by atoms with Gasteiger partial charge in [0.2, 0.25) is 5.91 Å². The average molecular weight is 356 g/mol. The van der Waals surface area contributed by atoms with Crippen LogP contribution in [0.25, 0.3) is 0 Å². The SMILES string of the molecule is Cc1ccccc1C1(O)CCN(C(=O)Cn2ncc(N(C)C)cc2=O)C1. The Balaban J connectivity index is 1.72. The van der Waals surface area contributed by atoms with Crippen molar-refractivity contribution in [2.45, 2.75) is 25.5 Å². The van der Waals surface area contributed by atoms with Crippen LogP contribution in [0, 0.1) is 6.92 Å². The maximum Gasteiger partial charge on any atom is 0.269 e. The topological polar surface area (TPSA) is 78.7 Å². The standard InChI is InChI=1S/C19H24N4O3/c1-14-6-4-5-7-16(14)19(26)8-9-22(13-19)18(25)12-23-17(24)10-15(11-20-23)21(2)3/h4-7,10-11,26H,8-9,12-13H2,1-3H3. The van der Waals surface area contributed by atoms with Gasteiger partial charge in [-0.3, -0.25) is 9.59 Å². The lowest BCUT2D eigenvalue weighted by Crippen LogP contribution is -2.38. The fourth-order valence-corrected chi connectivity index (χ4v) is 3.34. The van der Waals surface area contributed by atoms with Gasteiger partial charge in [-0.05, 0) is 24.5 Å². The number of β-amino-alcohol motifs (C(OH)–C–C–N with tert-alkyl or cyclic N) is 1. The maximum absolute atomic E-state index is 12.6. The molecule has 1 saturated heterocycles. The number of aliphatic hydroxyl groups is 1. The van der Waals surface area contributed by atoms with E-state index in [0.717, 1.165) is 15.8 Å². The molecular weight excluding hydrogens is 332 g/mol. The van der Waals surface area contributed by atoms with Crippen molar-refractivity contribution in [2.75, 3.05) is 32.1 Å². The Kier molecular flexibility index (Phi) is 4.82. The summed E-state index contributed by atoms with van der Waals surface area (Å²) in [4.78, 5) is 28.1. The molecule has 138 valence electrons. The van der Waals surface area contributed by atoms with Crippen LogP contribution in [0.3, 0.4) is 0 Å². The van der Waals surface area contributed by atoms with Crippen LogP contribution in [0.5, 0.6) is 0 Å². The molecule has 3 rings (SSSR count). The molecule has 2 heterocycles. The minimum absolute atomic E-state index is 0.129.